The Labute approximate surface area is 157 Å². The van der Waals surface area contributed by atoms with Gasteiger partial charge in [0.15, 0.2) is 0 Å². The SMILES string of the molecule is COc1ccc(C)cc1N1CCN(C(=O)Nc2ccc(F)c(Cl)c2)CC1. The highest BCUT2D eigenvalue weighted by atomic mass is 35.5. The summed E-state index contributed by atoms with van der Waals surface area (Å²) in [5.41, 5.74) is 2.68. The summed E-state index contributed by atoms with van der Waals surface area (Å²) in [7, 11) is 1.66. The van der Waals surface area contributed by atoms with Gasteiger partial charge in [0, 0.05) is 31.9 Å². The molecular formula is C19H21ClFN3O2. The number of halogens is 2. The van der Waals surface area contributed by atoms with E-state index in [0.29, 0.717) is 31.9 Å². The molecule has 2 amide bonds. The van der Waals surface area contributed by atoms with Crippen molar-refractivity contribution in [1.29, 1.82) is 0 Å². The van der Waals surface area contributed by atoms with Crippen molar-refractivity contribution < 1.29 is 13.9 Å². The van der Waals surface area contributed by atoms with Gasteiger partial charge in [-0.3, -0.25) is 0 Å². The maximum absolute atomic E-state index is 13.2. The maximum atomic E-state index is 13.2. The van der Waals surface area contributed by atoms with E-state index in [1.807, 2.05) is 19.1 Å². The van der Waals surface area contributed by atoms with Crippen molar-refractivity contribution >= 4 is 29.0 Å². The zero-order valence-electron chi connectivity index (χ0n) is 14.8. The maximum Gasteiger partial charge on any atom is 0.321 e. The molecule has 1 aliphatic rings. The lowest BCUT2D eigenvalue weighted by molar-refractivity contribution is 0.208. The zero-order valence-corrected chi connectivity index (χ0v) is 15.5. The summed E-state index contributed by atoms with van der Waals surface area (Å²) in [4.78, 5) is 16.4. The molecular weight excluding hydrogens is 357 g/mol. The van der Waals surface area contributed by atoms with Crippen LogP contribution in [0.5, 0.6) is 5.75 Å². The predicted octanol–water partition coefficient (Wildman–Crippen LogP) is 4.15. The quantitative estimate of drug-likeness (QED) is 0.873. The molecule has 0 bridgehead atoms. The number of anilines is 2. The molecule has 1 fully saturated rings. The second-order valence-electron chi connectivity index (χ2n) is 6.21. The molecule has 0 radical (unpaired) electrons. The van der Waals surface area contributed by atoms with Gasteiger partial charge in [0.05, 0.1) is 17.8 Å². The van der Waals surface area contributed by atoms with Gasteiger partial charge in [0.25, 0.3) is 0 Å². The van der Waals surface area contributed by atoms with Gasteiger partial charge in [-0.25, -0.2) is 9.18 Å². The summed E-state index contributed by atoms with van der Waals surface area (Å²) in [6.45, 7) is 4.62. The van der Waals surface area contributed by atoms with Gasteiger partial charge in [-0.2, -0.15) is 0 Å². The number of urea groups is 1. The number of methoxy groups -OCH3 is 1. The van der Waals surface area contributed by atoms with Gasteiger partial charge < -0.3 is 19.9 Å². The molecule has 1 saturated heterocycles. The third-order valence-electron chi connectivity index (χ3n) is 4.41. The van der Waals surface area contributed by atoms with E-state index in [9.17, 15) is 9.18 Å². The summed E-state index contributed by atoms with van der Waals surface area (Å²) >= 11 is 5.75. The highest BCUT2D eigenvalue weighted by molar-refractivity contribution is 6.31. The molecule has 0 aliphatic carbocycles. The molecule has 138 valence electrons. The van der Waals surface area contributed by atoms with Crippen molar-refractivity contribution in [1.82, 2.24) is 4.90 Å². The molecule has 2 aromatic rings. The Balaban J connectivity index is 1.62. The lowest BCUT2D eigenvalue weighted by Gasteiger charge is -2.36. The normalized spacial score (nSPS) is 14.3. The molecule has 5 nitrogen and oxygen atoms in total. The minimum atomic E-state index is -0.509. The van der Waals surface area contributed by atoms with Crippen molar-refractivity contribution in [3.8, 4) is 5.75 Å². The largest absolute Gasteiger partial charge is 0.495 e. The Morgan fingerprint density at radius 3 is 2.54 bits per heavy atom. The first-order chi connectivity index (χ1) is 12.5. The number of hydrogen-bond acceptors (Lipinski definition) is 3. The van der Waals surface area contributed by atoms with E-state index in [2.05, 4.69) is 16.3 Å². The van der Waals surface area contributed by atoms with E-state index < -0.39 is 5.82 Å². The van der Waals surface area contributed by atoms with Gasteiger partial charge in [-0.1, -0.05) is 17.7 Å². The molecule has 0 atom stereocenters. The van der Waals surface area contributed by atoms with E-state index >= 15 is 0 Å². The van der Waals surface area contributed by atoms with Crippen molar-refractivity contribution in [2.75, 3.05) is 43.5 Å². The van der Waals surface area contributed by atoms with Gasteiger partial charge in [0.2, 0.25) is 0 Å². The summed E-state index contributed by atoms with van der Waals surface area (Å²) in [5, 5.41) is 2.74. The van der Waals surface area contributed by atoms with Gasteiger partial charge >= 0.3 is 6.03 Å². The number of carbonyl (C=O) groups excluding carboxylic acids is 1. The Kier molecular flexibility index (Phi) is 5.52. The molecule has 2 aromatic carbocycles. The minimum Gasteiger partial charge on any atom is -0.495 e. The molecule has 1 N–H and O–H groups in total. The standard InChI is InChI=1S/C19H21ClFN3O2/c1-13-3-6-18(26-2)17(11-13)23-7-9-24(10-8-23)19(25)22-14-4-5-16(21)15(20)12-14/h3-6,11-12H,7-10H2,1-2H3,(H,22,25). The van der Waals surface area contributed by atoms with Crippen molar-refractivity contribution in [3.05, 3.63) is 52.8 Å². The van der Waals surface area contributed by atoms with Crippen molar-refractivity contribution in [2.24, 2.45) is 0 Å². The Morgan fingerprint density at radius 1 is 1.15 bits per heavy atom. The number of ether oxygens (including phenoxy) is 1. The highest BCUT2D eigenvalue weighted by Crippen LogP contribution is 2.30. The molecule has 0 spiro atoms. The summed E-state index contributed by atoms with van der Waals surface area (Å²) in [6.07, 6.45) is 0. The lowest BCUT2D eigenvalue weighted by Crippen LogP contribution is -2.50. The smallest absolute Gasteiger partial charge is 0.321 e. The molecule has 26 heavy (non-hydrogen) atoms. The van der Waals surface area contributed by atoms with Crippen LogP contribution in [-0.4, -0.2) is 44.2 Å². The van der Waals surface area contributed by atoms with Crippen LogP contribution < -0.4 is 15.0 Å². The number of nitrogens with zero attached hydrogens (tertiary/aromatic N) is 2. The average molecular weight is 378 g/mol. The molecule has 0 saturated carbocycles. The molecule has 1 heterocycles. The van der Waals surface area contributed by atoms with E-state index in [1.54, 1.807) is 12.0 Å². The second kappa shape index (κ2) is 7.83. The summed E-state index contributed by atoms with van der Waals surface area (Å²) in [5.74, 6) is 0.319. The third-order valence-corrected chi connectivity index (χ3v) is 4.70. The van der Waals surface area contributed by atoms with Gasteiger partial charge in [-0.15, -0.1) is 0 Å². The number of rotatable bonds is 3. The van der Waals surface area contributed by atoms with Crippen LogP contribution in [0.4, 0.5) is 20.6 Å². The molecule has 1 aliphatic heterocycles. The van der Waals surface area contributed by atoms with Crippen LogP contribution >= 0.6 is 11.6 Å². The number of benzene rings is 2. The van der Waals surface area contributed by atoms with E-state index in [4.69, 9.17) is 16.3 Å². The number of aryl methyl sites for hydroxylation is 1. The molecule has 0 aromatic heterocycles. The Bertz CT molecular complexity index is 807. The van der Waals surface area contributed by atoms with Crippen LogP contribution in [0.3, 0.4) is 0 Å². The molecule has 0 unspecified atom stereocenters. The summed E-state index contributed by atoms with van der Waals surface area (Å²) in [6, 6.07) is 9.98. The second-order valence-corrected chi connectivity index (χ2v) is 6.62. The van der Waals surface area contributed by atoms with Crippen LogP contribution in [0.15, 0.2) is 36.4 Å². The molecule has 7 heteroatoms. The predicted molar refractivity (Wildman–Crippen MR) is 102 cm³/mol. The number of carbonyl (C=O) groups is 1. The third kappa shape index (κ3) is 4.02. The highest BCUT2D eigenvalue weighted by Gasteiger charge is 2.23. The average Bonchev–Trinajstić information content (AvgIpc) is 2.65. The molecule has 3 rings (SSSR count). The first kappa shape index (κ1) is 18.3. The van der Waals surface area contributed by atoms with E-state index in [1.165, 1.54) is 18.2 Å². The van der Waals surface area contributed by atoms with Gasteiger partial charge in [-0.05, 0) is 42.8 Å². The Hall–Kier alpha value is -2.47. The van der Waals surface area contributed by atoms with Gasteiger partial charge in [0.1, 0.15) is 11.6 Å². The van der Waals surface area contributed by atoms with Crippen LogP contribution in [0, 0.1) is 12.7 Å². The number of amides is 2. The first-order valence-electron chi connectivity index (χ1n) is 8.38. The van der Waals surface area contributed by atoms with Crippen molar-refractivity contribution in [2.45, 2.75) is 6.92 Å². The van der Waals surface area contributed by atoms with Crippen molar-refractivity contribution in [3.63, 3.8) is 0 Å². The summed E-state index contributed by atoms with van der Waals surface area (Å²) < 4.78 is 18.7. The first-order valence-corrected chi connectivity index (χ1v) is 8.76. The monoisotopic (exact) mass is 377 g/mol. The van der Waals surface area contributed by atoms with E-state index in [0.717, 1.165) is 17.0 Å². The van der Waals surface area contributed by atoms with Crippen LogP contribution in [0.1, 0.15) is 5.56 Å². The minimum absolute atomic E-state index is 0.0147. The fourth-order valence-electron chi connectivity index (χ4n) is 2.97. The van der Waals surface area contributed by atoms with Crippen LogP contribution in [-0.2, 0) is 0 Å². The number of nitrogens with one attached hydrogen (secondary N) is 1. The number of piperazine rings is 1. The van der Waals surface area contributed by atoms with Crippen LogP contribution in [0.25, 0.3) is 0 Å². The zero-order chi connectivity index (χ0) is 18.7. The Morgan fingerprint density at radius 2 is 1.88 bits per heavy atom. The fourth-order valence-corrected chi connectivity index (χ4v) is 3.15. The van der Waals surface area contributed by atoms with Crippen LogP contribution in [0.2, 0.25) is 5.02 Å². The lowest BCUT2D eigenvalue weighted by atomic mass is 10.1. The number of hydrogen-bond donors (Lipinski definition) is 1. The fraction of sp³-hybridized carbons (Fsp3) is 0.316. The van der Waals surface area contributed by atoms with E-state index in [-0.39, 0.29) is 11.1 Å². The topological polar surface area (TPSA) is 44.8 Å².